The van der Waals surface area contributed by atoms with Crippen LogP contribution in [0.15, 0.2) is 35.6 Å². The second kappa shape index (κ2) is 7.71. The van der Waals surface area contributed by atoms with Crippen molar-refractivity contribution in [2.45, 2.75) is 37.8 Å². The smallest absolute Gasteiger partial charge is 0.316 e. The van der Waals surface area contributed by atoms with Gasteiger partial charge in [-0.3, -0.25) is 9.59 Å². The summed E-state index contributed by atoms with van der Waals surface area (Å²) < 4.78 is 6.57. The van der Waals surface area contributed by atoms with E-state index in [0.717, 1.165) is 11.3 Å². The first-order valence-corrected chi connectivity index (χ1v) is 10.2. The number of hydrogen-bond acceptors (Lipinski definition) is 7. The molecular formula is C20H20N4O3S. The summed E-state index contributed by atoms with van der Waals surface area (Å²) in [7, 11) is 0. The Bertz CT molecular complexity index is 1050. The van der Waals surface area contributed by atoms with Crippen LogP contribution in [0.1, 0.15) is 46.4 Å². The molecule has 0 saturated heterocycles. The zero-order valence-corrected chi connectivity index (χ0v) is 16.5. The molecule has 144 valence electrons. The molecule has 1 aliphatic rings. The van der Waals surface area contributed by atoms with Crippen molar-refractivity contribution in [3.63, 3.8) is 0 Å². The van der Waals surface area contributed by atoms with Crippen molar-refractivity contribution < 1.29 is 14.3 Å². The monoisotopic (exact) mass is 396 g/mol. The van der Waals surface area contributed by atoms with Crippen molar-refractivity contribution in [1.82, 2.24) is 19.6 Å². The number of benzene rings is 1. The summed E-state index contributed by atoms with van der Waals surface area (Å²) in [4.78, 5) is 32.9. The summed E-state index contributed by atoms with van der Waals surface area (Å²) in [6.07, 6.45) is 2.74. The van der Waals surface area contributed by atoms with Gasteiger partial charge in [-0.15, -0.1) is 5.10 Å². The number of aryl methyl sites for hydroxylation is 1. The molecule has 0 N–H and O–H groups in total. The second-order valence-electron chi connectivity index (χ2n) is 6.76. The number of rotatable bonds is 5. The molecule has 7 nitrogen and oxygen atoms in total. The summed E-state index contributed by atoms with van der Waals surface area (Å²) >= 11 is 1.20. The van der Waals surface area contributed by atoms with Crippen LogP contribution in [-0.4, -0.2) is 43.7 Å². The number of ketones is 1. The fourth-order valence-electron chi connectivity index (χ4n) is 3.39. The van der Waals surface area contributed by atoms with Gasteiger partial charge in [0.1, 0.15) is 0 Å². The van der Waals surface area contributed by atoms with Gasteiger partial charge in [0.15, 0.2) is 5.78 Å². The van der Waals surface area contributed by atoms with Gasteiger partial charge in [0.25, 0.3) is 5.78 Å². The Labute approximate surface area is 166 Å². The van der Waals surface area contributed by atoms with Crippen molar-refractivity contribution in [3.8, 4) is 0 Å². The number of aromatic nitrogens is 4. The van der Waals surface area contributed by atoms with Crippen molar-refractivity contribution in [2.24, 2.45) is 0 Å². The van der Waals surface area contributed by atoms with Gasteiger partial charge in [-0.25, -0.2) is 4.98 Å². The normalized spacial score (nSPS) is 16.2. The highest BCUT2D eigenvalue weighted by Gasteiger charge is 2.29. The predicted octanol–water partition coefficient (Wildman–Crippen LogP) is 3.00. The van der Waals surface area contributed by atoms with E-state index in [4.69, 9.17) is 4.74 Å². The molecule has 1 unspecified atom stereocenters. The maximum atomic E-state index is 12.7. The van der Waals surface area contributed by atoms with Gasteiger partial charge in [-0.1, -0.05) is 41.6 Å². The summed E-state index contributed by atoms with van der Waals surface area (Å²) in [5.74, 6) is 0.430. The molecule has 2 heterocycles. The molecule has 0 spiro atoms. The largest absolute Gasteiger partial charge is 0.465 e. The molecule has 0 radical (unpaired) electrons. The third-order valence-corrected chi connectivity index (χ3v) is 5.60. The SMILES string of the molecule is CCOC(=O)CSc1nc2ncc3c(n2n1)CC(c1ccc(C)cc1)CC3=O. The van der Waals surface area contributed by atoms with Crippen LogP contribution in [-0.2, 0) is 16.0 Å². The Hall–Kier alpha value is -2.74. The van der Waals surface area contributed by atoms with Crippen molar-refractivity contribution in [3.05, 3.63) is 52.8 Å². The maximum absolute atomic E-state index is 12.7. The number of Topliss-reactive ketones (excluding diaryl/α,β-unsaturated/α-hetero) is 1. The molecule has 0 saturated carbocycles. The summed E-state index contributed by atoms with van der Waals surface area (Å²) in [5.41, 5.74) is 3.76. The molecule has 1 aromatic carbocycles. The lowest BCUT2D eigenvalue weighted by atomic mass is 9.82. The maximum Gasteiger partial charge on any atom is 0.316 e. The zero-order chi connectivity index (χ0) is 19.7. The Kier molecular flexibility index (Phi) is 5.13. The number of carbonyl (C=O) groups excluding carboxylic acids is 2. The molecule has 0 fully saturated rings. The standard InChI is InChI=1S/C20H20N4O3S/c1-3-27-18(26)11-28-20-22-19-21-10-15-16(24(19)23-20)8-14(9-17(15)25)13-6-4-12(2)5-7-13/h4-7,10,14H,3,8-9,11H2,1-2H3. The van der Waals surface area contributed by atoms with Crippen LogP contribution in [0.25, 0.3) is 5.78 Å². The molecule has 4 rings (SSSR count). The lowest BCUT2D eigenvalue weighted by molar-refractivity contribution is -0.139. The van der Waals surface area contributed by atoms with Gasteiger partial charge in [-0.05, 0) is 31.7 Å². The fourth-order valence-corrected chi connectivity index (χ4v) is 4.01. The fraction of sp³-hybridized carbons (Fsp3) is 0.350. The van der Waals surface area contributed by atoms with E-state index in [0.29, 0.717) is 35.9 Å². The zero-order valence-electron chi connectivity index (χ0n) is 15.7. The summed E-state index contributed by atoms with van der Waals surface area (Å²) in [6.45, 7) is 4.16. The van der Waals surface area contributed by atoms with Gasteiger partial charge >= 0.3 is 5.97 Å². The Morgan fingerprint density at radius 1 is 1.29 bits per heavy atom. The average molecular weight is 396 g/mol. The van der Waals surface area contributed by atoms with Crippen LogP contribution >= 0.6 is 11.8 Å². The van der Waals surface area contributed by atoms with E-state index in [2.05, 4.69) is 39.3 Å². The van der Waals surface area contributed by atoms with E-state index in [-0.39, 0.29) is 23.4 Å². The highest BCUT2D eigenvalue weighted by Crippen LogP contribution is 2.33. The van der Waals surface area contributed by atoms with Crippen molar-refractivity contribution in [1.29, 1.82) is 0 Å². The van der Waals surface area contributed by atoms with E-state index in [1.165, 1.54) is 17.3 Å². The second-order valence-corrected chi connectivity index (χ2v) is 7.70. The first kappa shape index (κ1) is 18.6. The number of nitrogens with zero attached hydrogens (tertiary/aromatic N) is 4. The molecule has 3 aromatic rings. The number of ether oxygens (including phenoxy) is 1. The molecule has 28 heavy (non-hydrogen) atoms. The third kappa shape index (κ3) is 3.64. The molecule has 2 aromatic heterocycles. The molecule has 0 bridgehead atoms. The van der Waals surface area contributed by atoms with Crippen molar-refractivity contribution in [2.75, 3.05) is 12.4 Å². The number of fused-ring (bicyclic) bond motifs is 3. The molecule has 0 amide bonds. The van der Waals surface area contributed by atoms with E-state index >= 15 is 0 Å². The van der Waals surface area contributed by atoms with Gasteiger partial charge in [0, 0.05) is 12.6 Å². The van der Waals surface area contributed by atoms with Crippen LogP contribution in [0, 0.1) is 6.92 Å². The van der Waals surface area contributed by atoms with Crippen LogP contribution < -0.4 is 0 Å². The number of hydrogen-bond donors (Lipinski definition) is 0. The van der Waals surface area contributed by atoms with Crippen LogP contribution in [0.5, 0.6) is 0 Å². The average Bonchev–Trinajstić information content (AvgIpc) is 3.11. The molecule has 8 heteroatoms. The lowest BCUT2D eigenvalue weighted by Crippen LogP contribution is -2.22. The van der Waals surface area contributed by atoms with Gasteiger partial charge in [0.05, 0.1) is 23.6 Å². The summed E-state index contributed by atoms with van der Waals surface area (Å²) in [6, 6.07) is 8.30. The van der Waals surface area contributed by atoms with Gasteiger partial charge < -0.3 is 4.74 Å². The Morgan fingerprint density at radius 2 is 2.07 bits per heavy atom. The highest BCUT2D eigenvalue weighted by atomic mass is 32.2. The minimum Gasteiger partial charge on any atom is -0.465 e. The topological polar surface area (TPSA) is 86.4 Å². The molecule has 0 aliphatic heterocycles. The lowest BCUT2D eigenvalue weighted by Gasteiger charge is -2.23. The highest BCUT2D eigenvalue weighted by molar-refractivity contribution is 7.99. The molecule has 1 aliphatic carbocycles. The molecule has 1 atom stereocenters. The number of carbonyl (C=O) groups is 2. The quantitative estimate of drug-likeness (QED) is 0.484. The predicted molar refractivity (Wildman–Crippen MR) is 105 cm³/mol. The minimum atomic E-state index is -0.309. The third-order valence-electron chi connectivity index (χ3n) is 4.79. The first-order valence-electron chi connectivity index (χ1n) is 9.18. The van der Waals surface area contributed by atoms with Crippen LogP contribution in [0.3, 0.4) is 0 Å². The Morgan fingerprint density at radius 3 is 2.82 bits per heavy atom. The van der Waals surface area contributed by atoms with Crippen molar-refractivity contribution >= 4 is 29.3 Å². The Balaban J connectivity index is 1.64. The van der Waals surface area contributed by atoms with E-state index in [9.17, 15) is 9.59 Å². The van der Waals surface area contributed by atoms with Gasteiger partial charge in [0.2, 0.25) is 5.16 Å². The van der Waals surface area contributed by atoms with Crippen LogP contribution in [0.2, 0.25) is 0 Å². The first-order chi connectivity index (χ1) is 13.5. The number of esters is 1. The van der Waals surface area contributed by atoms with E-state index < -0.39 is 0 Å². The van der Waals surface area contributed by atoms with E-state index in [1.807, 2.05) is 6.92 Å². The molecular weight excluding hydrogens is 376 g/mol. The minimum absolute atomic E-state index is 0.0671. The van der Waals surface area contributed by atoms with Gasteiger partial charge in [-0.2, -0.15) is 9.50 Å². The van der Waals surface area contributed by atoms with Crippen LogP contribution in [0.4, 0.5) is 0 Å². The summed E-state index contributed by atoms with van der Waals surface area (Å²) in [5, 5.41) is 4.92. The van der Waals surface area contributed by atoms with E-state index in [1.54, 1.807) is 17.6 Å². The number of thioether (sulfide) groups is 1.